The first-order chi connectivity index (χ1) is 12.1. The van der Waals surface area contributed by atoms with Gasteiger partial charge in [0, 0.05) is 49.1 Å². The molecule has 1 heterocycles. The summed E-state index contributed by atoms with van der Waals surface area (Å²) in [6, 6.07) is 16.1. The molecule has 2 aromatic carbocycles. The summed E-state index contributed by atoms with van der Waals surface area (Å²) >= 11 is 0. The number of carbonyl (C=O) groups is 1. The van der Waals surface area contributed by atoms with Gasteiger partial charge in [-0.25, -0.2) is 0 Å². The van der Waals surface area contributed by atoms with Crippen molar-refractivity contribution in [3.05, 3.63) is 60.3 Å². The van der Waals surface area contributed by atoms with Gasteiger partial charge in [0.25, 0.3) is 0 Å². The van der Waals surface area contributed by atoms with E-state index in [0.717, 1.165) is 35.2 Å². The molecule has 25 heavy (non-hydrogen) atoms. The van der Waals surface area contributed by atoms with Crippen molar-refractivity contribution < 1.29 is 4.79 Å². The lowest BCUT2D eigenvalue weighted by Crippen LogP contribution is -2.21. The average Bonchev–Trinajstić information content (AvgIpc) is 3.01. The predicted molar refractivity (Wildman–Crippen MR) is 105 cm³/mol. The second-order valence-electron chi connectivity index (χ2n) is 5.94. The van der Waals surface area contributed by atoms with Crippen LogP contribution in [0, 0.1) is 0 Å². The highest BCUT2D eigenvalue weighted by Gasteiger charge is 2.09. The summed E-state index contributed by atoms with van der Waals surface area (Å²) in [5.41, 5.74) is 3.96. The van der Waals surface area contributed by atoms with Crippen molar-refractivity contribution >= 4 is 34.4 Å². The van der Waals surface area contributed by atoms with Gasteiger partial charge >= 0.3 is 0 Å². The van der Waals surface area contributed by atoms with Crippen LogP contribution in [0.15, 0.2) is 59.7 Å². The first kappa shape index (κ1) is 17.0. The third-order valence-electron chi connectivity index (χ3n) is 4.41. The highest BCUT2D eigenvalue weighted by molar-refractivity contribution is 6.03. The van der Waals surface area contributed by atoms with Crippen molar-refractivity contribution in [2.45, 2.75) is 20.8 Å². The lowest BCUT2D eigenvalue weighted by Gasteiger charge is -2.20. The van der Waals surface area contributed by atoms with Gasteiger partial charge in [0.1, 0.15) is 0 Å². The molecule has 128 valence electrons. The van der Waals surface area contributed by atoms with E-state index in [2.05, 4.69) is 35.9 Å². The fourth-order valence-corrected chi connectivity index (χ4v) is 3.05. The van der Waals surface area contributed by atoms with Crippen LogP contribution in [0.5, 0.6) is 0 Å². The Morgan fingerprint density at radius 3 is 2.40 bits per heavy atom. The largest absolute Gasteiger partial charge is 0.372 e. The van der Waals surface area contributed by atoms with Crippen LogP contribution in [0.4, 0.5) is 11.4 Å². The molecule has 0 bridgehead atoms. The fourth-order valence-electron chi connectivity index (χ4n) is 3.05. The Morgan fingerprint density at radius 2 is 1.76 bits per heavy atom. The zero-order valence-electron chi connectivity index (χ0n) is 14.9. The second-order valence-corrected chi connectivity index (χ2v) is 5.94. The number of anilines is 1. The van der Waals surface area contributed by atoms with Crippen molar-refractivity contribution in [3.8, 4) is 0 Å². The van der Waals surface area contributed by atoms with E-state index in [1.54, 1.807) is 11.5 Å². The molecule has 0 saturated carbocycles. The van der Waals surface area contributed by atoms with Gasteiger partial charge < -0.3 is 4.90 Å². The molecule has 0 fully saturated rings. The van der Waals surface area contributed by atoms with E-state index in [9.17, 15) is 4.79 Å². The van der Waals surface area contributed by atoms with Gasteiger partial charge in [0.2, 0.25) is 5.91 Å². The van der Waals surface area contributed by atoms with Gasteiger partial charge in [-0.1, -0.05) is 18.2 Å². The minimum Gasteiger partial charge on any atom is -0.372 e. The molecule has 0 aliphatic carbocycles. The van der Waals surface area contributed by atoms with Gasteiger partial charge in [-0.15, -0.1) is 0 Å². The highest BCUT2D eigenvalue weighted by Crippen LogP contribution is 2.22. The van der Waals surface area contributed by atoms with Crippen LogP contribution in [0.1, 0.15) is 31.1 Å². The first-order valence-electron chi connectivity index (χ1n) is 8.64. The maximum Gasteiger partial charge on any atom is 0.227 e. The van der Waals surface area contributed by atoms with Crippen LogP contribution in [0.2, 0.25) is 0 Å². The number of hydrogen-bond acceptors (Lipinski definition) is 3. The number of benzene rings is 2. The van der Waals surface area contributed by atoms with Crippen LogP contribution >= 0.6 is 0 Å². The minimum atomic E-state index is -0.000532. The summed E-state index contributed by atoms with van der Waals surface area (Å²) in [5.74, 6) is -0.000532. The van der Waals surface area contributed by atoms with Crippen molar-refractivity contribution in [1.82, 2.24) is 4.57 Å². The first-order valence-corrected chi connectivity index (χ1v) is 8.64. The topological polar surface area (TPSA) is 37.6 Å². The Balaban J connectivity index is 1.90. The Hall–Kier alpha value is -2.88. The summed E-state index contributed by atoms with van der Waals surface area (Å²) in [4.78, 5) is 18.7. The molecular weight excluding hydrogens is 310 g/mol. The van der Waals surface area contributed by atoms with Crippen molar-refractivity contribution in [2.75, 3.05) is 18.0 Å². The molecule has 0 aliphatic heterocycles. The van der Waals surface area contributed by atoms with E-state index < -0.39 is 0 Å². The van der Waals surface area contributed by atoms with E-state index in [0.29, 0.717) is 0 Å². The van der Waals surface area contributed by atoms with Gasteiger partial charge in [-0.05, 0) is 44.2 Å². The molecule has 0 amide bonds. The molecule has 0 spiro atoms. The Morgan fingerprint density at radius 1 is 1.08 bits per heavy atom. The molecule has 0 atom stereocenters. The Labute approximate surface area is 148 Å². The summed E-state index contributed by atoms with van der Waals surface area (Å²) in [5, 5.41) is 1.03. The van der Waals surface area contributed by atoms with E-state index >= 15 is 0 Å². The molecule has 3 rings (SSSR count). The third kappa shape index (κ3) is 3.48. The van der Waals surface area contributed by atoms with Crippen LogP contribution < -0.4 is 4.90 Å². The lowest BCUT2D eigenvalue weighted by molar-refractivity contribution is 0.0941. The molecule has 1 aromatic heterocycles. The summed E-state index contributed by atoms with van der Waals surface area (Å²) in [7, 11) is 0. The maximum absolute atomic E-state index is 11.8. The number of nitrogens with zero attached hydrogens (tertiary/aromatic N) is 3. The molecule has 0 radical (unpaired) electrons. The number of rotatable bonds is 5. The number of aliphatic imine (C=N–C) groups is 1. The van der Waals surface area contributed by atoms with Gasteiger partial charge in [-0.2, -0.15) is 0 Å². The van der Waals surface area contributed by atoms with E-state index in [4.69, 9.17) is 0 Å². The van der Waals surface area contributed by atoms with Gasteiger partial charge in [0.15, 0.2) is 0 Å². The maximum atomic E-state index is 11.8. The molecule has 0 unspecified atom stereocenters. The zero-order valence-corrected chi connectivity index (χ0v) is 14.9. The van der Waals surface area contributed by atoms with Gasteiger partial charge in [-0.3, -0.25) is 14.4 Å². The minimum absolute atomic E-state index is 0.000532. The predicted octanol–water partition coefficient (Wildman–Crippen LogP) is 4.90. The Bertz CT molecular complexity index is 903. The quantitative estimate of drug-likeness (QED) is 0.623. The SMILES string of the molecule is CCN(CC)c1ccc(N=Cc2cn(C(C)=O)c3ccccc23)cc1. The third-order valence-corrected chi connectivity index (χ3v) is 4.41. The monoisotopic (exact) mass is 333 g/mol. The molecule has 0 aliphatic rings. The number of carbonyl (C=O) groups excluding carboxylic acids is 1. The standard InChI is InChI=1S/C21H23N3O/c1-4-23(5-2)19-12-10-18(11-13-19)22-14-17-15-24(16(3)25)21-9-7-6-8-20(17)21/h6-15H,4-5H2,1-3H3. The van der Waals surface area contributed by atoms with Crippen molar-refractivity contribution in [3.63, 3.8) is 0 Å². The molecule has 4 heteroatoms. The van der Waals surface area contributed by atoms with Crippen molar-refractivity contribution in [2.24, 2.45) is 4.99 Å². The normalized spacial score (nSPS) is 11.3. The molecular formula is C21H23N3O. The van der Waals surface area contributed by atoms with E-state index in [1.807, 2.05) is 48.8 Å². The molecule has 4 nitrogen and oxygen atoms in total. The summed E-state index contributed by atoms with van der Waals surface area (Å²) in [6.45, 7) is 7.85. The summed E-state index contributed by atoms with van der Waals surface area (Å²) < 4.78 is 1.67. The molecule has 0 saturated heterocycles. The number of para-hydroxylation sites is 1. The molecule has 3 aromatic rings. The second kappa shape index (κ2) is 7.34. The van der Waals surface area contributed by atoms with Crippen LogP contribution in [0.25, 0.3) is 10.9 Å². The van der Waals surface area contributed by atoms with Crippen molar-refractivity contribution in [1.29, 1.82) is 0 Å². The number of fused-ring (bicyclic) bond motifs is 1. The Kier molecular flexibility index (Phi) is 4.98. The van der Waals surface area contributed by atoms with Crippen LogP contribution in [0.3, 0.4) is 0 Å². The fraction of sp³-hybridized carbons (Fsp3) is 0.238. The number of hydrogen-bond donors (Lipinski definition) is 0. The number of aromatic nitrogens is 1. The van der Waals surface area contributed by atoms with Crippen LogP contribution in [-0.2, 0) is 0 Å². The highest BCUT2D eigenvalue weighted by atomic mass is 16.1. The zero-order chi connectivity index (χ0) is 17.8. The van der Waals surface area contributed by atoms with Gasteiger partial charge in [0.05, 0.1) is 11.2 Å². The van der Waals surface area contributed by atoms with Crippen LogP contribution in [-0.4, -0.2) is 29.8 Å². The smallest absolute Gasteiger partial charge is 0.227 e. The summed E-state index contributed by atoms with van der Waals surface area (Å²) in [6.07, 6.45) is 3.68. The average molecular weight is 333 g/mol. The van der Waals surface area contributed by atoms with E-state index in [-0.39, 0.29) is 5.91 Å². The molecule has 0 N–H and O–H groups in total. The van der Waals surface area contributed by atoms with E-state index in [1.165, 1.54) is 5.69 Å². The lowest BCUT2D eigenvalue weighted by atomic mass is 10.2.